The van der Waals surface area contributed by atoms with Crippen molar-refractivity contribution in [3.63, 3.8) is 0 Å². The second kappa shape index (κ2) is 9.32. The van der Waals surface area contributed by atoms with E-state index in [4.69, 9.17) is 9.47 Å². The molecule has 0 bridgehead atoms. The second-order valence-electron chi connectivity index (χ2n) is 10.4. The van der Waals surface area contributed by atoms with E-state index >= 15 is 0 Å². The molecule has 1 N–H and O–H groups in total. The van der Waals surface area contributed by atoms with Crippen LogP contribution in [0.4, 0.5) is 14.5 Å². The number of methoxy groups -OCH3 is 1. The summed E-state index contributed by atoms with van der Waals surface area (Å²) in [5.74, 6) is 0.594. The Morgan fingerprint density at radius 3 is 2.69 bits per heavy atom. The Bertz CT molecular complexity index is 1260. The van der Waals surface area contributed by atoms with E-state index in [0.29, 0.717) is 10.4 Å². The maximum absolute atomic E-state index is 13.2. The molecule has 8 nitrogen and oxygen atoms in total. The van der Waals surface area contributed by atoms with Crippen molar-refractivity contribution in [2.75, 3.05) is 31.7 Å². The topological polar surface area (TPSA) is 76.8 Å². The van der Waals surface area contributed by atoms with Gasteiger partial charge in [-0.05, 0) is 0 Å². The number of piperidine rings is 1. The van der Waals surface area contributed by atoms with Crippen LogP contribution in [0.1, 0.15) is 50.5 Å². The van der Waals surface area contributed by atoms with E-state index in [1.165, 1.54) is 0 Å². The molecule has 12 heteroatoms. The summed E-state index contributed by atoms with van der Waals surface area (Å²) in [6.07, 6.45) is 5.78. The number of hydrogen-bond acceptors (Lipinski definition) is 8. The maximum atomic E-state index is 13.2. The molecular weight excluding hydrogens is 553 g/mol. The van der Waals surface area contributed by atoms with Gasteiger partial charge in [0.25, 0.3) is 0 Å². The molecule has 3 aliphatic rings. The van der Waals surface area contributed by atoms with Crippen LogP contribution in [-0.4, -0.2) is 78.6 Å². The summed E-state index contributed by atoms with van der Waals surface area (Å²) in [7, 11) is 1.78. The van der Waals surface area contributed by atoms with Crippen molar-refractivity contribution in [2.24, 2.45) is 5.41 Å². The van der Waals surface area contributed by atoms with Crippen LogP contribution in [-0.2, 0) is 9.47 Å². The van der Waals surface area contributed by atoms with Gasteiger partial charge in [-0.25, -0.2) is 0 Å². The van der Waals surface area contributed by atoms with Crippen molar-refractivity contribution in [3.8, 4) is 10.4 Å². The molecule has 1 aliphatic carbocycles. The molecule has 2 atom stereocenters. The van der Waals surface area contributed by atoms with E-state index in [2.05, 4.69) is 44.7 Å². The molecule has 194 valence electrons. The molecule has 1 spiro atoms. The molecule has 2 aliphatic heterocycles. The zero-order valence-electron chi connectivity index (χ0n) is 20.5. The number of nitrogens with one attached hydrogen (secondary N) is 1. The van der Waals surface area contributed by atoms with Crippen molar-refractivity contribution in [1.82, 2.24) is 24.3 Å². The summed E-state index contributed by atoms with van der Waals surface area (Å²) < 4.78 is 44.2. The van der Waals surface area contributed by atoms with E-state index in [-0.39, 0.29) is 27.7 Å². The number of imidazole rings is 1. The molecule has 0 amide bonds. The Kier molecular flexibility index (Phi) is 6.41. The van der Waals surface area contributed by atoms with Crippen LogP contribution in [0, 0.1) is 5.41 Å². The van der Waals surface area contributed by atoms with Gasteiger partial charge in [-0.1, -0.05) is 0 Å². The minimum absolute atomic E-state index is 0.0466. The number of anilines is 1. The molecule has 36 heavy (non-hydrogen) atoms. The van der Waals surface area contributed by atoms with Gasteiger partial charge in [-0.2, -0.15) is 0 Å². The molecule has 1 saturated carbocycles. The number of alkyl halides is 2. The van der Waals surface area contributed by atoms with Crippen LogP contribution in [0.2, 0.25) is 0 Å². The summed E-state index contributed by atoms with van der Waals surface area (Å²) in [6.45, 7) is 6.82. The normalized spacial score (nSPS) is 24.9. The number of pyridine rings is 1. The van der Waals surface area contributed by atoms with Crippen LogP contribution < -0.4 is 9.62 Å². The van der Waals surface area contributed by atoms with Crippen LogP contribution >= 0.6 is 11.9 Å². The second-order valence-corrected chi connectivity index (χ2v) is 13.4. The Labute approximate surface area is 219 Å². The van der Waals surface area contributed by atoms with Crippen LogP contribution in [0.5, 0.6) is 0 Å². The van der Waals surface area contributed by atoms with Crippen molar-refractivity contribution >= 4 is 37.7 Å². The summed E-state index contributed by atoms with van der Waals surface area (Å²) in [5, 5.41) is 7.81. The number of nitrogens with zero attached hydrogens (tertiary/aromatic N) is 5. The molecule has 1 unspecified atom stereocenters. The summed E-state index contributed by atoms with van der Waals surface area (Å²) >= 11 is 0.983. The molecule has 3 fully saturated rings. The van der Waals surface area contributed by atoms with Crippen molar-refractivity contribution in [1.29, 1.82) is 0 Å². The van der Waals surface area contributed by atoms with E-state index in [1.807, 2.05) is 16.8 Å². The summed E-state index contributed by atoms with van der Waals surface area (Å²) in [5.41, 5.74) is 2.26. The molecule has 0 aromatic carbocycles. The third-order valence-electron chi connectivity index (χ3n) is 7.85. The third-order valence-corrected chi connectivity index (χ3v) is 10.8. The average Bonchev–Trinajstić information content (AvgIpc) is 3.22. The summed E-state index contributed by atoms with van der Waals surface area (Å²) in [4.78, 5) is 8.09. The fourth-order valence-electron chi connectivity index (χ4n) is 5.43. The molecule has 6 rings (SSSR count). The predicted octanol–water partition coefficient (Wildman–Crippen LogP) is 3.96. The monoisotopic (exact) mass is 584 g/mol. The van der Waals surface area contributed by atoms with Crippen LogP contribution in [0.15, 0.2) is 23.4 Å². The van der Waals surface area contributed by atoms with Gasteiger partial charge >= 0.3 is 219 Å². The third kappa shape index (κ3) is 4.39. The standard InChI is InChI=1S/C24H30F2N6O2SSe/c1-14-18(33-3)24(13-34-14)6-8-31(9-7-24)16-10-15(35-30-23(2)4-5-23)12-32-17(16)11-27-20(32)22-29-28-21(36-22)19(25)26/h10-12,14,18-19,30H,4-9,13H2,1-3H3/t14-,18?/m0/s1. The van der Waals surface area contributed by atoms with Gasteiger partial charge in [0.05, 0.1) is 0 Å². The first-order chi connectivity index (χ1) is 17.3. The predicted molar refractivity (Wildman–Crippen MR) is 135 cm³/mol. The van der Waals surface area contributed by atoms with E-state index in [9.17, 15) is 8.78 Å². The van der Waals surface area contributed by atoms with Crippen molar-refractivity contribution < 1.29 is 18.3 Å². The van der Waals surface area contributed by atoms with Gasteiger partial charge in [-0.3, -0.25) is 0 Å². The first-order valence-electron chi connectivity index (χ1n) is 12.3. The number of rotatable bonds is 7. The number of hydrogen-bond donors (Lipinski definition) is 1. The van der Waals surface area contributed by atoms with Gasteiger partial charge in [-0.15, -0.1) is 0 Å². The van der Waals surface area contributed by atoms with Gasteiger partial charge in [0.1, 0.15) is 0 Å². The van der Waals surface area contributed by atoms with Crippen molar-refractivity contribution in [3.05, 3.63) is 23.0 Å². The zero-order valence-corrected chi connectivity index (χ0v) is 23.1. The zero-order chi connectivity index (χ0) is 25.1. The van der Waals surface area contributed by atoms with Crippen LogP contribution in [0.25, 0.3) is 15.9 Å². The molecule has 3 aromatic heterocycles. The van der Waals surface area contributed by atoms with Crippen molar-refractivity contribution in [2.45, 2.75) is 68.6 Å². The van der Waals surface area contributed by atoms with Gasteiger partial charge in [0.2, 0.25) is 0 Å². The Balaban J connectivity index is 1.34. The Hall–Kier alpha value is -1.56. The summed E-state index contributed by atoms with van der Waals surface area (Å²) in [6, 6.07) is 2.21. The SMILES string of the molecule is COC1[C@H](C)OCC12CCN(c1cc(SNC3(C)CC3)cn3c(-c4nnc(C(F)F)[se]4)ncc13)CC2. The van der Waals surface area contributed by atoms with Gasteiger partial charge < -0.3 is 0 Å². The first kappa shape index (κ1) is 24.8. The Morgan fingerprint density at radius 2 is 2.03 bits per heavy atom. The van der Waals surface area contributed by atoms with E-state index in [1.54, 1.807) is 19.1 Å². The Morgan fingerprint density at radius 1 is 1.25 bits per heavy atom. The fourth-order valence-corrected chi connectivity index (χ4v) is 7.79. The first-order valence-corrected chi connectivity index (χ1v) is 14.8. The fraction of sp³-hybridized carbons (Fsp3) is 0.625. The number of aromatic nitrogens is 4. The minimum atomic E-state index is -2.58. The van der Waals surface area contributed by atoms with Gasteiger partial charge in [0, 0.05) is 0 Å². The molecular formula is C24H30F2N6O2SSe. The number of halogens is 2. The molecule has 5 heterocycles. The quantitative estimate of drug-likeness (QED) is 0.331. The van der Waals surface area contributed by atoms with Gasteiger partial charge in [0.15, 0.2) is 0 Å². The van der Waals surface area contributed by atoms with E-state index < -0.39 is 20.9 Å². The number of ether oxygens (including phenoxy) is 2. The average molecular weight is 584 g/mol. The molecule has 3 aromatic rings. The molecule has 0 radical (unpaired) electrons. The molecule has 2 saturated heterocycles. The van der Waals surface area contributed by atoms with Crippen LogP contribution in [0.3, 0.4) is 0 Å². The van der Waals surface area contributed by atoms with E-state index in [0.717, 1.165) is 61.5 Å². The number of fused-ring (bicyclic) bond motifs is 1.